The number of carbonyl (C=O) groups is 3. The molecule has 0 spiro atoms. The molecule has 0 bridgehead atoms. The quantitative estimate of drug-likeness (QED) is 0.204. The first-order chi connectivity index (χ1) is 21.6. The summed E-state index contributed by atoms with van der Waals surface area (Å²) in [6.45, 7) is 7.63. The van der Waals surface area contributed by atoms with E-state index in [1.54, 1.807) is 14.7 Å². The minimum absolute atomic E-state index is 0.0252. The highest BCUT2D eigenvalue weighted by Gasteiger charge is 2.37. The number of urea groups is 1. The molecule has 0 aliphatic carbocycles. The summed E-state index contributed by atoms with van der Waals surface area (Å²) in [4.78, 5) is 46.4. The number of aromatic amines is 1. The number of halogens is 2. The molecule has 4 amide bonds. The topological polar surface area (TPSA) is 88.8 Å². The maximum absolute atomic E-state index is 12.8. The molecule has 8 nitrogen and oxygen atoms in total. The zero-order chi connectivity index (χ0) is 32.3. The van der Waals surface area contributed by atoms with Crippen LogP contribution < -0.4 is 5.32 Å². The average molecular weight is 713 g/mol. The smallest absolute Gasteiger partial charge is 0.317 e. The van der Waals surface area contributed by atoms with Gasteiger partial charge in [-0.05, 0) is 67.3 Å². The van der Waals surface area contributed by atoms with Gasteiger partial charge < -0.3 is 25.0 Å². The molecule has 0 radical (unpaired) electrons. The standard InChI is InChI=1S/C19H25BrN4O3.C8H6ClN.C7H8S/c1-2-21-19(27)23-9-7-22(8-10-23)18(26)15-11-17(25)24(13-15)12-14-3-5-16(20)6-4-14;9-7-2-1-6-3-4-10-8(6)5-7;1-6-2-4-7(8)5-3-6/h3-6,15H,2,7-13H2,1H3,(H,21,27);1-5,10H;2-5,8H,1H3. The van der Waals surface area contributed by atoms with Crippen molar-refractivity contribution in [2.75, 3.05) is 39.3 Å². The molecule has 2 saturated heterocycles. The van der Waals surface area contributed by atoms with Gasteiger partial charge in [-0.25, -0.2) is 4.79 Å². The summed E-state index contributed by atoms with van der Waals surface area (Å²) >= 11 is 13.3. The van der Waals surface area contributed by atoms with Gasteiger partial charge in [0.05, 0.1) is 5.92 Å². The molecule has 45 heavy (non-hydrogen) atoms. The lowest BCUT2D eigenvalue weighted by atomic mass is 10.1. The van der Waals surface area contributed by atoms with Crippen molar-refractivity contribution >= 4 is 68.9 Å². The number of piperazine rings is 1. The Morgan fingerprint density at radius 3 is 2.29 bits per heavy atom. The summed E-state index contributed by atoms with van der Waals surface area (Å²) in [5.74, 6) is -0.238. The van der Waals surface area contributed by atoms with E-state index >= 15 is 0 Å². The molecule has 2 aliphatic heterocycles. The highest BCUT2D eigenvalue weighted by atomic mass is 79.9. The monoisotopic (exact) mass is 711 g/mol. The predicted molar refractivity (Wildman–Crippen MR) is 187 cm³/mol. The van der Waals surface area contributed by atoms with Crippen molar-refractivity contribution in [3.05, 3.63) is 99.6 Å². The van der Waals surface area contributed by atoms with E-state index in [4.69, 9.17) is 11.6 Å². The first-order valence-corrected chi connectivity index (χ1v) is 16.6. The van der Waals surface area contributed by atoms with E-state index in [2.05, 4.69) is 45.8 Å². The van der Waals surface area contributed by atoms with Crippen molar-refractivity contribution in [3.63, 3.8) is 0 Å². The Labute approximate surface area is 283 Å². The lowest BCUT2D eigenvalue weighted by Gasteiger charge is -2.35. The number of likely N-dealkylation sites (tertiary alicyclic amines) is 1. The summed E-state index contributed by atoms with van der Waals surface area (Å²) in [5, 5.41) is 4.75. The predicted octanol–water partition coefficient (Wildman–Crippen LogP) is 6.78. The molecular formula is C34H39BrClN5O3S. The van der Waals surface area contributed by atoms with Crippen LogP contribution in [0.5, 0.6) is 0 Å². The van der Waals surface area contributed by atoms with Crippen LogP contribution in [0.1, 0.15) is 24.5 Å². The average Bonchev–Trinajstić information content (AvgIpc) is 3.66. The third kappa shape index (κ3) is 10.3. The van der Waals surface area contributed by atoms with Crippen LogP contribution >= 0.6 is 40.2 Å². The van der Waals surface area contributed by atoms with E-state index in [0.717, 1.165) is 25.5 Å². The highest BCUT2D eigenvalue weighted by Crippen LogP contribution is 2.23. The second kappa shape index (κ2) is 16.7. The van der Waals surface area contributed by atoms with Crippen molar-refractivity contribution < 1.29 is 14.4 Å². The number of hydrogen-bond acceptors (Lipinski definition) is 4. The summed E-state index contributed by atoms with van der Waals surface area (Å²) in [6.07, 6.45) is 2.17. The van der Waals surface area contributed by atoms with E-state index in [1.165, 1.54) is 10.9 Å². The highest BCUT2D eigenvalue weighted by molar-refractivity contribution is 9.10. The molecule has 2 N–H and O–H groups in total. The number of hydrogen-bond donors (Lipinski definition) is 3. The largest absolute Gasteiger partial charge is 0.361 e. The summed E-state index contributed by atoms with van der Waals surface area (Å²) in [6, 6.07) is 23.6. The van der Waals surface area contributed by atoms with E-state index in [-0.39, 0.29) is 30.2 Å². The van der Waals surface area contributed by atoms with Crippen molar-refractivity contribution in [2.45, 2.75) is 31.7 Å². The van der Waals surface area contributed by atoms with Gasteiger partial charge in [0.15, 0.2) is 0 Å². The molecule has 2 aliphatic rings. The summed E-state index contributed by atoms with van der Waals surface area (Å²) in [5.41, 5.74) is 3.42. The third-order valence-corrected chi connectivity index (χ3v) is 8.67. The van der Waals surface area contributed by atoms with Crippen molar-refractivity contribution in [1.82, 2.24) is 25.0 Å². The van der Waals surface area contributed by atoms with Crippen LogP contribution in [0.3, 0.4) is 0 Å². The minimum Gasteiger partial charge on any atom is -0.361 e. The molecule has 3 aromatic carbocycles. The molecule has 1 aromatic heterocycles. The van der Waals surface area contributed by atoms with Crippen molar-refractivity contribution in [1.29, 1.82) is 0 Å². The molecule has 1 atom stereocenters. The number of fused-ring (bicyclic) bond motifs is 1. The molecule has 6 rings (SSSR count). The number of H-pyrrole nitrogens is 1. The number of rotatable bonds is 4. The number of thiol groups is 1. The second-order valence-corrected chi connectivity index (χ2v) is 12.9. The van der Waals surface area contributed by atoms with Gasteiger partial charge in [-0.15, -0.1) is 12.6 Å². The molecular weight excluding hydrogens is 674 g/mol. The van der Waals surface area contributed by atoms with Crippen molar-refractivity contribution in [2.24, 2.45) is 5.92 Å². The fourth-order valence-electron chi connectivity index (χ4n) is 5.12. The second-order valence-electron chi connectivity index (χ2n) is 11.0. The number of benzene rings is 3. The van der Waals surface area contributed by atoms with Crippen LogP contribution in [0, 0.1) is 12.8 Å². The number of aryl methyl sites for hydroxylation is 1. The van der Waals surface area contributed by atoms with E-state index in [9.17, 15) is 14.4 Å². The normalized spacial score (nSPS) is 16.1. The van der Waals surface area contributed by atoms with E-state index < -0.39 is 0 Å². The fraction of sp³-hybridized carbons (Fsp3) is 0.324. The maximum Gasteiger partial charge on any atom is 0.317 e. The van der Waals surface area contributed by atoms with Crippen LogP contribution in [0.25, 0.3) is 10.9 Å². The van der Waals surface area contributed by atoms with E-state index in [1.807, 2.05) is 85.9 Å². The van der Waals surface area contributed by atoms with Gasteiger partial charge in [0.1, 0.15) is 0 Å². The van der Waals surface area contributed by atoms with Gasteiger partial charge in [0.2, 0.25) is 11.8 Å². The number of aromatic nitrogens is 1. The zero-order valence-corrected chi connectivity index (χ0v) is 28.7. The molecule has 238 valence electrons. The molecule has 4 aromatic rings. The Bertz CT molecular complexity index is 1550. The first kappa shape index (κ1) is 34.4. The Hall–Kier alpha value is -3.47. The van der Waals surface area contributed by atoms with Crippen molar-refractivity contribution in [3.8, 4) is 0 Å². The number of carbonyl (C=O) groups excluding carboxylic acids is 3. The van der Waals surface area contributed by atoms with Gasteiger partial charge in [-0.2, -0.15) is 0 Å². The summed E-state index contributed by atoms with van der Waals surface area (Å²) in [7, 11) is 0. The van der Waals surface area contributed by atoms with Crippen LogP contribution in [0.2, 0.25) is 5.02 Å². The van der Waals surface area contributed by atoms with Crippen LogP contribution in [-0.4, -0.2) is 76.8 Å². The zero-order valence-electron chi connectivity index (χ0n) is 25.5. The molecule has 0 saturated carbocycles. The lowest BCUT2D eigenvalue weighted by molar-refractivity contribution is -0.137. The minimum atomic E-state index is -0.288. The van der Waals surface area contributed by atoms with Crippen LogP contribution in [0.15, 0.2) is 88.4 Å². The lowest BCUT2D eigenvalue weighted by Crippen LogP contribution is -2.54. The van der Waals surface area contributed by atoms with Gasteiger partial charge in [0, 0.05) is 78.3 Å². The Morgan fingerprint density at radius 2 is 1.64 bits per heavy atom. The van der Waals surface area contributed by atoms with E-state index in [0.29, 0.717) is 45.8 Å². The molecule has 11 heteroatoms. The van der Waals surface area contributed by atoms with Gasteiger partial charge >= 0.3 is 6.03 Å². The number of nitrogens with one attached hydrogen (secondary N) is 2. The fourth-order valence-corrected chi connectivity index (χ4v) is 5.70. The van der Waals surface area contributed by atoms with Gasteiger partial charge in [-0.3, -0.25) is 9.59 Å². The number of amides is 4. The molecule has 2 fully saturated rings. The van der Waals surface area contributed by atoms with Crippen LogP contribution in [-0.2, 0) is 16.1 Å². The van der Waals surface area contributed by atoms with Gasteiger partial charge in [-0.1, -0.05) is 63.4 Å². The third-order valence-electron chi connectivity index (χ3n) is 7.61. The Morgan fingerprint density at radius 1 is 0.978 bits per heavy atom. The molecule has 3 heterocycles. The first-order valence-electron chi connectivity index (χ1n) is 14.9. The summed E-state index contributed by atoms with van der Waals surface area (Å²) < 4.78 is 0.999. The Balaban J connectivity index is 0.000000206. The number of nitrogens with zero attached hydrogens (tertiary/aromatic N) is 3. The van der Waals surface area contributed by atoms with Crippen LogP contribution in [0.4, 0.5) is 4.79 Å². The van der Waals surface area contributed by atoms with Gasteiger partial charge in [0.25, 0.3) is 0 Å². The maximum atomic E-state index is 12.8. The Kier molecular flexibility index (Phi) is 12.8. The molecule has 1 unspecified atom stereocenters. The SMILES string of the molecule is CCNC(=O)N1CCN(C(=O)C2CC(=O)N(Cc3ccc(Br)cc3)C2)CC1.Cc1ccc(S)cc1.Clc1ccc2cc[nH]c2c1.